The molecule has 0 spiro atoms. The standard InChI is InChI=1S/C15H21NO2S/c1-10-6-14(18-2)16-9-13(10)15(17)7-11-4-3-5-12(8-15)19-11/h6,9,11-12,17H,3-5,7-8H2,1-2H3. The molecule has 2 aliphatic rings. The SMILES string of the molecule is COc1cc(C)c(C2(O)CC3CCCC(C2)S3)cn1. The lowest BCUT2D eigenvalue weighted by Crippen LogP contribution is -2.41. The minimum Gasteiger partial charge on any atom is -0.481 e. The van der Waals surface area contributed by atoms with Crippen LogP contribution in [-0.4, -0.2) is 27.7 Å². The van der Waals surface area contributed by atoms with Crippen molar-refractivity contribution in [3.05, 3.63) is 23.4 Å². The highest BCUT2D eigenvalue weighted by atomic mass is 32.2. The van der Waals surface area contributed by atoms with Crippen LogP contribution in [-0.2, 0) is 5.60 Å². The predicted molar refractivity (Wildman–Crippen MR) is 77.7 cm³/mol. The second-order valence-corrected chi connectivity index (χ2v) is 7.40. The van der Waals surface area contributed by atoms with Crippen molar-refractivity contribution < 1.29 is 9.84 Å². The third-order valence-corrected chi connectivity index (χ3v) is 5.94. The van der Waals surface area contributed by atoms with E-state index >= 15 is 0 Å². The Balaban J connectivity index is 1.91. The molecule has 2 unspecified atom stereocenters. The number of pyridine rings is 1. The fraction of sp³-hybridized carbons (Fsp3) is 0.667. The number of ether oxygens (including phenoxy) is 1. The van der Waals surface area contributed by atoms with Crippen LogP contribution in [0.1, 0.15) is 43.2 Å². The number of hydrogen-bond acceptors (Lipinski definition) is 4. The molecule has 2 atom stereocenters. The van der Waals surface area contributed by atoms with Crippen molar-refractivity contribution >= 4 is 11.8 Å². The smallest absolute Gasteiger partial charge is 0.213 e. The molecule has 0 saturated carbocycles. The maximum atomic E-state index is 11.1. The topological polar surface area (TPSA) is 42.4 Å². The highest BCUT2D eigenvalue weighted by molar-refractivity contribution is 8.00. The molecule has 2 saturated heterocycles. The van der Waals surface area contributed by atoms with Gasteiger partial charge in [-0.05, 0) is 38.2 Å². The first-order chi connectivity index (χ1) is 9.10. The Kier molecular flexibility index (Phi) is 3.48. The van der Waals surface area contributed by atoms with Gasteiger partial charge in [0.2, 0.25) is 5.88 Å². The highest BCUT2D eigenvalue weighted by Gasteiger charge is 2.43. The van der Waals surface area contributed by atoms with Gasteiger partial charge < -0.3 is 9.84 Å². The molecule has 0 aliphatic carbocycles. The zero-order chi connectivity index (χ0) is 13.5. The Bertz CT molecular complexity index is 465. The summed E-state index contributed by atoms with van der Waals surface area (Å²) in [5.41, 5.74) is 1.38. The van der Waals surface area contributed by atoms with E-state index in [0.29, 0.717) is 16.4 Å². The summed E-state index contributed by atoms with van der Waals surface area (Å²) in [6.07, 6.45) is 7.34. The van der Waals surface area contributed by atoms with Crippen molar-refractivity contribution in [3.63, 3.8) is 0 Å². The van der Waals surface area contributed by atoms with Gasteiger partial charge in [-0.2, -0.15) is 11.8 Å². The van der Waals surface area contributed by atoms with Crippen molar-refractivity contribution in [3.8, 4) is 5.88 Å². The molecule has 2 bridgehead atoms. The molecule has 2 fully saturated rings. The number of aliphatic hydroxyl groups is 1. The van der Waals surface area contributed by atoms with Crippen LogP contribution in [0.15, 0.2) is 12.3 Å². The summed E-state index contributed by atoms with van der Waals surface area (Å²) in [5, 5.41) is 12.3. The number of hydrogen-bond donors (Lipinski definition) is 1. The molecule has 2 aliphatic heterocycles. The number of thioether (sulfide) groups is 1. The van der Waals surface area contributed by atoms with E-state index in [4.69, 9.17) is 4.74 Å². The normalized spacial score (nSPS) is 34.1. The summed E-state index contributed by atoms with van der Waals surface area (Å²) in [4.78, 5) is 4.28. The van der Waals surface area contributed by atoms with Gasteiger partial charge in [0.05, 0.1) is 12.7 Å². The first kappa shape index (κ1) is 13.3. The Hall–Kier alpha value is -0.740. The zero-order valence-corrected chi connectivity index (χ0v) is 12.4. The molecule has 104 valence electrons. The summed E-state index contributed by atoms with van der Waals surface area (Å²) in [6.45, 7) is 2.04. The number of rotatable bonds is 2. The molecule has 4 heteroatoms. The van der Waals surface area contributed by atoms with E-state index in [2.05, 4.69) is 16.7 Å². The molecule has 3 nitrogen and oxygen atoms in total. The van der Waals surface area contributed by atoms with Crippen molar-refractivity contribution in [2.24, 2.45) is 0 Å². The van der Waals surface area contributed by atoms with Gasteiger partial charge in [-0.25, -0.2) is 4.98 Å². The minimum atomic E-state index is -0.690. The summed E-state index contributed by atoms with van der Waals surface area (Å²) in [5.74, 6) is 0.621. The van der Waals surface area contributed by atoms with E-state index in [1.165, 1.54) is 19.3 Å². The average molecular weight is 279 g/mol. The zero-order valence-electron chi connectivity index (χ0n) is 11.6. The molecular weight excluding hydrogens is 258 g/mol. The van der Waals surface area contributed by atoms with E-state index in [1.807, 2.05) is 13.0 Å². The average Bonchev–Trinajstić information content (AvgIpc) is 2.37. The molecule has 0 aromatic carbocycles. The van der Waals surface area contributed by atoms with E-state index in [-0.39, 0.29) is 0 Å². The Morgan fingerprint density at radius 1 is 1.37 bits per heavy atom. The van der Waals surface area contributed by atoms with Crippen molar-refractivity contribution in [2.75, 3.05) is 7.11 Å². The Morgan fingerprint density at radius 3 is 2.63 bits per heavy atom. The first-order valence-electron chi connectivity index (χ1n) is 7.00. The summed E-state index contributed by atoms with van der Waals surface area (Å²) < 4.78 is 5.15. The van der Waals surface area contributed by atoms with Crippen LogP contribution in [0.5, 0.6) is 5.88 Å². The molecule has 1 aromatic heterocycles. The van der Waals surface area contributed by atoms with Crippen LogP contribution in [0.4, 0.5) is 0 Å². The van der Waals surface area contributed by atoms with Crippen LogP contribution < -0.4 is 4.74 Å². The molecule has 1 N–H and O–H groups in total. The Labute approximate surface area is 118 Å². The van der Waals surface area contributed by atoms with Gasteiger partial charge >= 0.3 is 0 Å². The largest absolute Gasteiger partial charge is 0.481 e. The number of nitrogens with zero attached hydrogens (tertiary/aromatic N) is 1. The third kappa shape index (κ3) is 2.48. The Morgan fingerprint density at radius 2 is 2.05 bits per heavy atom. The van der Waals surface area contributed by atoms with Crippen molar-refractivity contribution in [1.29, 1.82) is 0 Å². The van der Waals surface area contributed by atoms with E-state index in [0.717, 1.165) is 24.0 Å². The lowest BCUT2D eigenvalue weighted by Gasteiger charge is -2.44. The lowest BCUT2D eigenvalue weighted by molar-refractivity contribution is 0.00719. The van der Waals surface area contributed by atoms with E-state index < -0.39 is 5.60 Å². The van der Waals surface area contributed by atoms with Crippen LogP contribution >= 0.6 is 11.8 Å². The van der Waals surface area contributed by atoms with Crippen LogP contribution in [0.25, 0.3) is 0 Å². The summed E-state index contributed by atoms with van der Waals surface area (Å²) >= 11 is 2.08. The number of aromatic nitrogens is 1. The van der Waals surface area contributed by atoms with Crippen LogP contribution in [0.2, 0.25) is 0 Å². The second kappa shape index (κ2) is 4.98. The van der Waals surface area contributed by atoms with Gasteiger partial charge in [0, 0.05) is 28.3 Å². The van der Waals surface area contributed by atoms with Gasteiger partial charge in [-0.15, -0.1) is 0 Å². The molecule has 0 radical (unpaired) electrons. The van der Waals surface area contributed by atoms with Crippen LogP contribution in [0, 0.1) is 6.92 Å². The fourth-order valence-electron chi connectivity index (χ4n) is 3.47. The summed E-state index contributed by atoms with van der Waals surface area (Å²) in [7, 11) is 1.62. The van der Waals surface area contributed by atoms with E-state index in [1.54, 1.807) is 13.3 Å². The van der Waals surface area contributed by atoms with Gasteiger partial charge in [-0.3, -0.25) is 0 Å². The fourth-order valence-corrected chi connectivity index (χ4v) is 5.36. The molecule has 3 rings (SSSR count). The van der Waals surface area contributed by atoms with Gasteiger partial charge in [-0.1, -0.05) is 6.42 Å². The predicted octanol–water partition coefficient (Wildman–Crippen LogP) is 3.03. The minimum absolute atomic E-state index is 0.610. The number of methoxy groups -OCH3 is 1. The molecular formula is C15H21NO2S. The first-order valence-corrected chi connectivity index (χ1v) is 7.94. The monoisotopic (exact) mass is 279 g/mol. The lowest BCUT2D eigenvalue weighted by atomic mass is 9.79. The maximum Gasteiger partial charge on any atom is 0.213 e. The molecule has 0 amide bonds. The molecule has 19 heavy (non-hydrogen) atoms. The highest BCUT2D eigenvalue weighted by Crippen LogP contribution is 2.49. The number of fused-ring (bicyclic) bond motifs is 2. The van der Waals surface area contributed by atoms with Gasteiger partial charge in [0.15, 0.2) is 0 Å². The van der Waals surface area contributed by atoms with Crippen molar-refractivity contribution in [1.82, 2.24) is 4.98 Å². The van der Waals surface area contributed by atoms with Gasteiger partial charge in [0.1, 0.15) is 0 Å². The third-order valence-electron chi connectivity index (χ3n) is 4.36. The maximum absolute atomic E-state index is 11.1. The molecule has 3 heterocycles. The second-order valence-electron chi connectivity index (χ2n) is 5.79. The van der Waals surface area contributed by atoms with Crippen LogP contribution in [0.3, 0.4) is 0 Å². The molecule has 1 aromatic rings. The summed E-state index contributed by atoms with van der Waals surface area (Å²) in [6, 6.07) is 1.92. The quantitative estimate of drug-likeness (QED) is 0.903. The van der Waals surface area contributed by atoms with Gasteiger partial charge in [0.25, 0.3) is 0 Å². The van der Waals surface area contributed by atoms with E-state index in [9.17, 15) is 5.11 Å². The van der Waals surface area contributed by atoms with Crippen molar-refractivity contribution in [2.45, 2.75) is 55.1 Å². The number of aryl methyl sites for hydroxylation is 1.